The van der Waals surface area contributed by atoms with Crippen LogP contribution in [0.1, 0.15) is 44.4 Å². The molecule has 27 heavy (non-hydrogen) atoms. The molecular weight excluding hydrogens is 388 g/mol. The molecule has 0 aromatic carbocycles. The lowest BCUT2D eigenvalue weighted by atomic mass is 9.99. The largest absolute Gasteiger partial charge is 0.467 e. The maximum atomic E-state index is 12.7. The van der Waals surface area contributed by atoms with Crippen LogP contribution in [0.4, 0.5) is 0 Å². The molecule has 1 aromatic heterocycles. The van der Waals surface area contributed by atoms with Crippen LogP contribution in [0.5, 0.6) is 0 Å². The predicted octanol–water partition coefficient (Wildman–Crippen LogP) is 2.17. The van der Waals surface area contributed by atoms with Crippen LogP contribution in [0.2, 0.25) is 0 Å². The number of methoxy groups -OCH3 is 1. The van der Waals surface area contributed by atoms with Gasteiger partial charge in [-0.3, -0.25) is 4.79 Å². The number of sulfonamides is 1. The van der Waals surface area contributed by atoms with E-state index in [2.05, 4.69) is 5.32 Å². The van der Waals surface area contributed by atoms with Crippen LogP contribution >= 0.6 is 11.3 Å². The Bertz CT molecular complexity index is 754. The minimum Gasteiger partial charge on any atom is -0.467 e. The molecule has 0 radical (unpaired) electrons. The van der Waals surface area contributed by atoms with E-state index in [0.717, 1.165) is 37.0 Å². The predicted molar refractivity (Wildman–Crippen MR) is 104 cm³/mol. The van der Waals surface area contributed by atoms with Crippen molar-refractivity contribution in [2.24, 2.45) is 5.92 Å². The standard InChI is InChI=1S/C18H28N2O5S2/c1-4-13(2)17(18(22)25-3)19-15(21)12-14-8-9-16(26-14)27(23,24)20-10-6-5-7-11-20/h8-9,13,17H,4-7,10-12H2,1-3H3,(H,19,21). The molecular formula is C18H28N2O5S2. The highest BCUT2D eigenvalue weighted by Gasteiger charge is 2.29. The number of carbonyl (C=O) groups is 2. The Hall–Kier alpha value is -1.45. The van der Waals surface area contributed by atoms with Gasteiger partial charge in [0.15, 0.2) is 0 Å². The van der Waals surface area contributed by atoms with E-state index in [0.29, 0.717) is 18.0 Å². The van der Waals surface area contributed by atoms with Gasteiger partial charge in [-0.15, -0.1) is 11.3 Å². The normalized spacial score (nSPS) is 17.9. The van der Waals surface area contributed by atoms with Crippen LogP contribution in [-0.2, 0) is 30.8 Å². The Morgan fingerprint density at radius 3 is 2.52 bits per heavy atom. The van der Waals surface area contributed by atoms with Crippen LogP contribution in [0, 0.1) is 5.92 Å². The molecule has 1 amide bonds. The lowest BCUT2D eigenvalue weighted by Gasteiger charge is -2.25. The lowest BCUT2D eigenvalue weighted by Crippen LogP contribution is -2.46. The van der Waals surface area contributed by atoms with E-state index in [1.54, 1.807) is 12.1 Å². The van der Waals surface area contributed by atoms with E-state index in [1.807, 2.05) is 13.8 Å². The quantitative estimate of drug-likeness (QED) is 0.656. The van der Waals surface area contributed by atoms with Crippen molar-refractivity contribution in [3.05, 3.63) is 17.0 Å². The first-order valence-electron chi connectivity index (χ1n) is 9.25. The number of nitrogens with one attached hydrogen (secondary N) is 1. The van der Waals surface area contributed by atoms with E-state index in [-0.39, 0.29) is 22.5 Å². The number of nitrogens with zero attached hydrogens (tertiary/aromatic N) is 1. The molecule has 2 atom stereocenters. The van der Waals surface area contributed by atoms with Crippen LogP contribution in [-0.4, -0.2) is 50.8 Å². The summed E-state index contributed by atoms with van der Waals surface area (Å²) in [5.41, 5.74) is 0. The van der Waals surface area contributed by atoms with Crippen molar-refractivity contribution in [2.75, 3.05) is 20.2 Å². The summed E-state index contributed by atoms with van der Waals surface area (Å²) in [6.07, 6.45) is 3.57. The van der Waals surface area contributed by atoms with Crippen molar-refractivity contribution in [3.8, 4) is 0 Å². The number of hydrogen-bond donors (Lipinski definition) is 1. The first kappa shape index (κ1) is 21.8. The van der Waals surface area contributed by atoms with Crippen molar-refractivity contribution in [1.82, 2.24) is 9.62 Å². The van der Waals surface area contributed by atoms with Gasteiger partial charge < -0.3 is 10.1 Å². The fourth-order valence-electron chi connectivity index (χ4n) is 3.00. The van der Waals surface area contributed by atoms with Crippen molar-refractivity contribution >= 4 is 33.2 Å². The number of ether oxygens (including phenoxy) is 1. The highest BCUT2D eigenvalue weighted by Crippen LogP contribution is 2.27. The number of piperidine rings is 1. The zero-order chi connectivity index (χ0) is 20.0. The van der Waals surface area contributed by atoms with E-state index in [4.69, 9.17) is 4.74 Å². The van der Waals surface area contributed by atoms with Crippen LogP contribution in [0.25, 0.3) is 0 Å². The minimum absolute atomic E-state index is 0.0319. The SMILES string of the molecule is CCC(C)C(NC(=O)Cc1ccc(S(=O)(=O)N2CCCCC2)s1)C(=O)OC. The van der Waals surface area contributed by atoms with Gasteiger partial charge in [0.25, 0.3) is 10.0 Å². The number of esters is 1. The average molecular weight is 417 g/mol. The summed E-state index contributed by atoms with van der Waals surface area (Å²) < 4.78 is 31.9. The van der Waals surface area contributed by atoms with Gasteiger partial charge in [-0.25, -0.2) is 13.2 Å². The Labute approximate surface area is 165 Å². The maximum absolute atomic E-state index is 12.7. The minimum atomic E-state index is -3.49. The monoisotopic (exact) mass is 416 g/mol. The summed E-state index contributed by atoms with van der Waals surface area (Å²) in [6.45, 7) is 4.90. The molecule has 9 heteroatoms. The van der Waals surface area contributed by atoms with Crippen LogP contribution in [0.15, 0.2) is 16.3 Å². The molecule has 1 N–H and O–H groups in total. The number of carbonyl (C=O) groups excluding carboxylic acids is 2. The molecule has 1 aliphatic heterocycles. The number of rotatable bonds is 8. The first-order valence-corrected chi connectivity index (χ1v) is 11.5. The van der Waals surface area contributed by atoms with E-state index in [9.17, 15) is 18.0 Å². The van der Waals surface area contributed by atoms with E-state index >= 15 is 0 Å². The first-order chi connectivity index (χ1) is 12.8. The summed E-state index contributed by atoms with van der Waals surface area (Å²) in [5.74, 6) is -0.855. The maximum Gasteiger partial charge on any atom is 0.328 e. The number of amides is 1. The molecule has 2 heterocycles. The lowest BCUT2D eigenvalue weighted by molar-refractivity contribution is -0.146. The molecule has 0 spiro atoms. The molecule has 0 saturated carbocycles. The Kier molecular flexibility index (Phi) is 7.81. The van der Waals surface area contributed by atoms with Crippen molar-refractivity contribution in [1.29, 1.82) is 0 Å². The Morgan fingerprint density at radius 2 is 1.93 bits per heavy atom. The third kappa shape index (κ3) is 5.52. The van der Waals surface area contributed by atoms with Gasteiger partial charge in [0.2, 0.25) is 5.91 Å². The van der Waals surface area contributed by atoms with Crippen molar-refractivity contribution in [3.63, 3.8) is 0 Å². The van der Waals surface area contributed by atoms with E-state index < -0.39 is 22.0 Å². The summed E-state index contributed by atoms with van der Waals surface area (Å²) in [7, 11) is -2.20. The van der Waals surface area contributed by atoms with Gasteiger partial charge in [-0.05, 0) is 30.9 Å². The number of thiophene rings is 1. The van der Waals surface area contributed by atoms with Gasteiger partial charge in [-0.1, -0.05) is 26.7 Å². The summed E-state index contributed by atoms with van der Waals surface area (Å²) in [5, 5.41) is 2.71. The topological polar surface area (TPSA) is 92.8 Å². The summed E-state index contributed by atoms with van der Waals surface area (Å²) in [6, 6.07) is 2.52. The highest BCUT2D eigenvalue weighted by molar-refractivity contribution is 7.91. The zero-order valence-electron chi connectivity index (χ0n) is 16.1. The third-order valence-electron chi connectivity index (χ3n) is 4.87. The van der Waals surface area contributed by atoms with Gasteiger partial charge >= 0.3 is 5.97 Å². The fraction of sp³-hybridized carbons (Fsp3) is 0.667. The second-order valence-electron chi connectivity index (χ2n) is 6.82. The highest BCUT2D eigenvalue weighted by atomic mass is 32.2. The third-order valence-corrected chi connectivity index (χ3v) is 8.32. The molecule has 0 aliphatic carbocycles. The number of hydrogen-bond acceptors (Lipinski definition) is 6. The molecule has 1 aliphatic rings. The molecule has 2 unspecified atom stereocenters. The average Bonchev–Trinajstić information content (AvgIpc) is 3.14. The molecule has 1 aromatic rings. The van der Waals surface area contributed by atoms with Crippen LogP contribution < -0.4 is 5.32 Å². The Balaban J connectivity index is 2.03. The van der Waals surface area contributed by atoms with Gasteiger partial charge in [0.05, 0.1) is 13.5 Å². The molecule has 1 saturated heterocycles. The zero-order valence-corrected chi connectivity index (χ0v) is 17.7. The fourth-order valence-corrected chi connectivity index (χ4v) is 6.03. The second kappa shape index (κ2) is 9.66. The molecule has 152 valence electrons. The summed E-state index contributed by atoms with van der Waals surface area (Å²) >= 11 is 1.11. The molecule has 1 fully saturated rings. The van der Waals surface area contributed by atoms with Crippen molar-refractivity contribution in [2.45, 2.75) is 56.2 Å². The van der Waals surface area contributed by atoms with Gasteiger partial charge in [0, 0.05) is 18.0 Å². The molecule has 0 bridgehead atoms. The van der Waals surface area contributed by atoms with E-state index in [1.165, 1.54) is 11.4 Å². The second-order valence-corrected chi connectivity index (χ2v) is 10.1. The summed E-state index contributed by atoms with van der Waals surface area (Å²) in [4.78, 5) is 24.9. The molecule has 7 nitrogen and oxygen atoms in total. The smallest absolute Gasteiger partial charge is 0.328 e. The molecule has 2 rings (SSSR count). The van der Waals surface area contributed by atoms with Crippen molar-refractivity contribution < 1.29 is 22.7 Å². The van der Waals surface area contributed by atoms with Gasteiger partial charge in [-0.2, -0.15) is 4.31 Å². The van der Waals surface area contributed by atoms with Gasteiger partial charge in [0.1, 0.15) is 10.3 Å². The Morgan fingerprint density at radius 1 is 1.26 bits per heavy atom. The van der Waals surface area contributed by atoms with Crippen LogP contribution in [0.3, 0.4) is 0 Å².